The van der Waals surface area contributed by atoms with Gasteiger partial charge in [-0.1, -0.05) is 19.1 Å². The Balaban J connectivity index is 1.77. The van der Waals surface area contributed by atoms with Crippen LogP contribution in [0.2, 0.25) is 0 Å². The van der Waals surface area contributed by atoms with Crippen molar-refractivity contribution in [2.24, 2.45) is 0 Å². The number of benzene rings is 1. The molecule has 4 heteroatoms. The Hall–Kier alpha value is -1.55. The molecule has 1 amide bonds. The summed E-state index contributed by atoms with van der Waals surface area (Å²) in [6.07, 6.45) is 2.50. The SMILES string of the molecule is CCCNC(=O)CCNC(C)c1ccc2c(c1)CCO2. The number of nitrogens with one attached hydrogen (secondary N) is 2. The van der Waals surface area contributed by atoms with Gasteiger partial charge in [-0.2, -0.15) is 0 Å². The van der Waals surface area contributed by atoms with Gasteiger partial charge in [0.05, 0.1) is 6.61 Å². The van der Waals surface area contributed by atoms with Gasteiger partial charge in [0.2, 0.25) is 5.91 Å². The third-order valence-corrected chi connectivity index (χ3v) is 3.59. The summed E-state index contributed by atoms with van der Waals surface area (Å²) < 4.78 is 5.51. The molecule has 0 radical (unpaired) electrons. The Bertz CT molecular complexity index is 460. The second kappa shape index (κ2) is 7.29. The predicted molar refractivity (Wildman–Crippen MR) is 80.0 cm³/mol. The summed E-state index contributed by atoms with van der Waals surface area (Å²) in [7, 11) is 0. The second-order valence-electron chi connectivity index (χ2n) is 5.24. The predicted octanol–water partition coefficient (Wildman–Crippen LogP) is 2.19. The molecular formula is C16H24N2O2. The van der Waals surface area contributed by atoms with Crippen LogP contribution >= 0.6 is 0 Å². The average molecular weight is 276 g/mol. The first kappa shape index (κ1) is 14.9. The molecule has 1 heterocycles. The first-order chi connectivity index (χ1) is 9.70. The quantitative estimate of drug-likeness (QED) is 0.802. The van der Waals surface area contributed by atoms with Crippen LogP contribution in [-0.4, -0.2) is 25.6 Å². The maximum atomic E-state index is 11.5. The number of hydrogen-bond donors (Lipinski definition) is 2. The van der Waals surface area contributed by atoms with Gasteiger partial charge in [-0.15, -0.1) is 0 Å². The smallest absolute Gasteiger partial charge is 0.221 e. The van der Waals surface area contributed by atoms with E-state index in [1.165, 1.54) is 11.1 Å². The zero-order valence-corrected chi connectivity index (χ0v) is 12.4. The van der Waals surface area contributed by atoms with Crippen molar-refractivity contribution in [2.45, 2.75) is 39.2 Å². The number of carbonyl (C=O) groups excluding carboxylic acids is 1. The van der Waals surface area contributed by atoms with Crippen LogP contribution in [0.1, 0.15) is 43.9 Å². The largest absolute Gasteiger partial charge is 0.493 e. The van der Waals surface area contributed by atoms with Gasteiger partial charge < -0.3 is 15.4 Å². The van der Waals surface area contributed by atoms with Gasteiger partial charge in [-0.25, -0.2) is 0 Å². The van der Waals surface area contributed by atoms with Crippen LogP contribution in [0.5, 0.6) is 5.75 Å². The zero-order valence-electron chi connectivity index (χ0n) is 12.4. The van der Waals surface area contributed by atoms with E-state index in [0.717, 1.165) is 31.7 Å². The molecule has 2 rings (SSSR count). The summed E-state index contributed by atoms with van der Waals surface area (Å²) in [4.78, 5) is 11.5. The summed E-state index contributed by atoms with van der Waals surface area (Å²) in [5, 5.41) is 6.28. The summed E-state index contributed by atoms with van der Waals surface area (Å²) in [6, 6.07) is 6.60. The van der Waals surface area contributed by atoms with Crippen LogP contribution in [0.3, 0.4) is 0 Å². The Morgan fingerprint density at radius 1 is 1.40 bits per heavy atom. The molecule has 110 valence electrons. The fourth-order valence-corrected chi connectivity index (χ4v) is 2.35. The van der Waals surface area contributed by atoms with Gasteiger partial charge in [0.25, 0.3) is 0 Å². The molecule has 2 N–H and O–H groups in total. The lowest BCUT2D eigenvalue weighted by atomic mass is 10.0. The number of fused-ring (bicyclic) bond motifs is 1. The fourth-order valence-electron chi connectivity index (χ4n) is 2.35. The van der Waals surface area contributed by atoms with E-state index in [1.807, 2.05) is 6.07 Å². The van der Waals surface area contributed by atoms with Crippen LogP contribution in [0.4, 0.5) is 0 Å². The number of ether oxygens (including phenoxy) is 1. The van der Waals surface area contributed by atoms with Gasteiger partial charge in [0, 0.05) is 32.0 Å². The molecule has 1 unspecified atom stereocenters. The molecule has 1 aromatic rings. The van der Waals surface area contributed by atoms with Crippen molar-refractivity contribution in [1.29, 1.82) is 0 Å². The number of rotatable bonds is 7. The summed E-state index contributed by atoms with van der Waals surface area (Å²) in [5.74, 6) is 1.13. The number of carbonyl (C=O) groups is 1. The number of amides is 1. The molecule has 1 atom stereocenters. The Morgan fingerprint density at radius 3 is 3.05 bits per heavy atom. The van der Waals surface area contributed by atoms with Crippen molar-refractivity contribution in [3.63, 3.8) is 0 Å². The lowest BCUT2D eigenvalue weighted by Gasteiger charge is -2.15. The lowest BCUT2D eigenvalue weighted by molar-refractivity contribution is -0.121. The van der Waals surface area contributed by atoms with Crippen LogP contribution in [0.15, 0.2) is 18.2 Å². The third kappa shape index (κ3) is 3.97. The van der Waals surface area contributed by atoms with E-state index in [9.17, 15) is 4.79 Å². The Kier molecular flexibility index (Phi) is 5.41. The van der Waals surface area contributed by atoms with E-state index in [-0.39, 0.29) is 11.9 Å². The number of hydrogen-bond acceptors (Lipinski definition) is 3. The van der Waals surface area contributed by atoms with Crippen molar-refractivity contribution in [1.82, 2.24) is 10.6 Å². The summed E-state index contributed by atoms with van der Waals surface area (Å²) in [6.45, 7) is 6.43. The lowest BCUT2D eigenvalue weighted by Crippen LogP contribution is -2.29. The van der Waals surface area contributed by atoms with E-state index < -0.39 is 0 Å². The third-order valence-electron chi connectivity index (χ3n) is 3.59. The summed E-state index contributed by atoms with van der Waals surface area (Å²) in [5.41, 5.74) is 2.54. The minimum absolute atomic E-state index is 0.119. The molecule has 20 heavy (non-hydrogen) atoms. The second-order valence-corrected chi connectivity index (χ2v) is 5.24. The molecule has 0 aromatic heterocycles. The molecule has 0 saturated carbocycles. The fraction of sp³-hybridized carbons (Fsp3) is 0.562. The first-order valence-electron chi connectivity index (χ1n) is 7.46. The van der Waals surface area contributed by atoms with Gasteiger partial charge in [0.1, 0.15) is 5.75 Å². The molecule has 0 fully saturated rings. The minimum atomic E-state index is 0.119. The van der Waals surface area contributed by atoms with Crippen LogP contribution in [0.25, 0.3) is 0 Å². The van der Waals surface area contributed by atoms with Crippen LogP contribution < -0.4 is 15.4 Å². The molecule has 1 aromatic carbocycles. The van der Waals surface area contributed by atoms with Crippen LogP contribution in [0, 0.1) is 0 Å². The first-order valence-corrected chi connectivity index (χ1v) is 7.46. The minimum Gasteiger partial charge on any atom is -0.493 e. The highest BCUT2D eigenvalue weighted by Crippen LogP contribution is 2.27. The van der Waals surface area contributed by atoms with Gasteiger partial charge in [0.15, 0.2) is 0 Å². The molecule has 0 bridgehead atoms. The van der Waals surface area contributed by atoms with Gasteiger partial charge in [-0.3, -0.25) is 4.79 Å². The van der Waals surface area contributed by atoms with Gasteiger partial charge >= 0.3 is 0 Å². The molecule has 0 aliphatic carbocycles. The van der Waals surface area contributed by atoms with E-state index in [0.29, 0.717) is 13.0 Å². The van der Waals surface area contributed by atoms with Crippen molar-refractivity contribution in [2.75, 3.05) is 19.7 Å². The van der Waals surface area contributed by atoms with Crippen molar-refractivity contribution >= 4 is 5.91 Å². The highest BCUT2D eigenvalue weighted by atomic mass is 16.5. The highest BCUT2D eigenvalue weighted by molar-refractivity contribution is 5.75. The van der Waals surface area contributed by atoms with E-state index in [1.54, 1.807) is 0 Å². The van der Waals surface area contributed by atoms with Crippen molar-refractivity contribution in [3.8, 4) is 5.75 Å². The molecular weight excluding hydrogens is 252 g/mol. The molecule has 4 nitrogen and oxygen atoms in total. The van der Waals surface area contributed by atoms with E-state index in [4.69, 9.17) is 4.74 Å². The zero-order chi connectivity index (χ0) is 14.4. The van der Waals surface area contributed by atoms with Crippen molar-refractivity contribution in [3.05, 3.63) is 29.3 Å². The standard InChI is InChI=1S/C16H24N2O2/c1-3-8-18-16(19)6-9-17-12(2)13-4-5-15-14(11-13)7-10-20-15/h4-5,11-12,17H,3,6-10H2,1-2H3,(H,18,19). The van der Waals surface area contributed by atoms with E-state index in [2.05, 4.69) is 36.6 Å². The van der Waals surface area contributed by atoms with Gasteiger partial charge in [-0.05, 0) is 30.5 Å². The monoisotopic (exact) mass is 276 g/mol. The highest BCUT2D eigenvalue weighted by Gasteiger charge is 2.14. The molecule has 0 saturated heterocycles. The average Bonchev–Trinajstić information content (AvgIpc) is 2.92. The maximum absolute atomic E-state index is 11.5. The maximum Gasteiger partial charge on any atom is 0.221 e. The topological polar surface area (TPSA) is 50.4 Å². The normalized spacial score (nSPS) is 14.5. The Labute approximate surface area is 120 Å². The molecule has 1 aliphatic heterocycles. The molecule has 1 aliphatic rings. The van der Waals surface area contributed by atoms with Crippen LogP contribution in [-0.2, 0) is 11.2 Å². The van der Waals surface area contributed by atoms with Crippen molar-refractivity contribution < 1.29 is 9.53 Å². The van der Waals surface area contributed by atoms with E-state index >= 15 is 0 Å². The molecule has 0 spiro atoms. The summed E-state index contributed by atoms with van der Waals surface area (Å²) >= 11 is 0. The Morgan fingerprint density at radius 2 is 2.25 bits per heavy atom.